The molecule has 0 radical (unpaired) electrons. The summed E-state index contributed by atoms with van der Waals surface area (Å²) in [5.41, 5.74) is 0.494. The standard InChI is InChI=1S/C10H12N4OS/c1-8-13-9(6-16-8)10(15)12-3-5-14-4-2-11-7-14/h2,4,6-7H,3,5H2,1H3,(H,12,15). The van der Waals surface area contributed by atoms with E-state index in [0.717, 1.165) is 11.6 Å². The molecule has 16 heavy (non-hydrogen) atoms. The lowest BCUT2D eigenvalue weighted by Gasteiger charge is -2.03. The average Bonchev–Trinajstić information content (AvgIpc) is 2.89. The minimum Gasteiger partial charge on any atom is -0.349 e. The summed E-state index contributed by atoms with van der Waals surface area (Å²) in [5, 5.41) is 5.48. The molecule has 2 aromatic heterocycles. The number of imidazole rings is 1. The first kappa shape index (κ1) is 10.8. The fraction of sp³-hybridized carbons (Fsp3) is 0.300. The number of aryl methyl sites for hydroxylation is 1. The molecule has 0 unspecified atom stereocenters. The normalized spacial score (nSPS) is 10.3. The van der Waals surface area contributed by atoms with Gasteiger partial charge in [-0.1, -0.05) is 0 Å². The summed E-state index contributed by atoms with van der Waals surface area (Å²) in [6.07, 6.45) is 5.30. The van der Waals surface area contributed by atoms with E-state index >= 15 is 0 Å². The molecule has 0 aliphatic carbocycles. The number of thiazole rings is 1. The number of aromatic nitrogens is 3. The molecule has 2 aromatic rings. The molecule has 0 bridgehead atoms. The number of hydrogen-bond donors (Lipinski definition) is 1. The molecule has 84 valence electrons. The van der Waals surface area contributed by atoms with Crippen molar-refractivity contribution >= 4 is 17.2 Å². The van der Waals surface area contributed by atoms with E-state index in [1.807, 2.05) is 17.7 Å². The fourth-order valence-corrected chi connectivity index (χ4v) is 1.87. The van der Waals surface area contributed by atoms with Crippen molar-refractivity contribution in [3.8, 4) is 0 Å². The van der Waals surface area contributed by atoms with E-state index in [1.165, 1.54) is 11.3 Å². The summed E-state index contributed by atoms with van der Waals surface area (Å²) in [6, 6.07) is 0. The van der Waals surface area contributed by atoms with Crippen molar-refractivity contribution in [2.24, 2.45) is 0 Å². The SMILES string of the molecule is Cc1nc(C(=O)NCCn2ccnc2)cs1. The van der Waals surface area contributed by atoms with Gasteiger partial charge in [0.15, 0.2) is 0 Å². The van der Waals surface area contributed by atoms with Crippen LogP contribution in [0, 0.1) is 6.92 Å². The summed E-state index contributed by atoms with van der Waals surface area (Å²) < 4.78 is 1.91. The molecule has 0 fully saturated rings. The number of nitrogens with zero attached hydrogens (tertiary/aromatic N) is 3. The van der Waals surface area contributed by atoms with Crippen molar-refractivity contribution < 1.29 is 4.79 Å². The second kappa shape index (κ2) is 4.89. The van der Waals surface area contributed by atoms with E-state index in [0.29, 0.717) is 12.2 Å². The Morgan fingerprint density at radius 3 is 3.12 bits per heavy atom. The lowest BCUT2D eigenvalue weighted by Crippen LogP contribution is -2.27. The van der Waals surface area contributed by atoms with Crippen LogP contribution in [-0.2, 0) is 6.54 Å². The van der Waals surface area contributed by atoms with E-state index < -0.39 is 0 Å². The predicted octanol–water partition coefficient (Wildman–Crippen LogP) is 1.08. The molecule has 0 aliphatic rings. The Labute approximate surface area is 97.2 Å². The molecule has 0 aromatic carbocycles. The molecular formula is C10H12N4OS. The number of amides is 1. The van der Waals surface area contributed by atoms with Crippen LogP contribution in [0.4, 0.5) is 0 Å². The van der Waals surface area contributed by atoms with E-state index in [2.05, 4.69) is 15.3 Å². The fourth-order valence-electron chi connectivity index (χ4n) is 1.28. The summed E-state index contributed by atoms with van der Waals surface area (Å²) in [7, 11) is 0. The van der Waals surface area contributed by atoms with Crippen molar-refractivity contribution in [3.05, 3.63) is 34.8 Å². The Morgan fingerprint density at radius 1 is 1.62 bits per heavy atom. The van der Waals surface area contributed by atoms with Crippen LogP contribution in [0.25, 0.3) is 0 Å². The van der Waals surface area contributed by atoms with Gasteiger partial charge in [0.05, 0.1) is 11.3 Å². The van der Waals surface area contributed by atoms with Crippen LogP contribution in [0.5, 0.6) is 0 Å². The summed E-state index contributed by atoms with van der Waals surface area (Å²) in [4.78, 5) is 19.6. The summed E-state index contributed by atoms with van der Waals surface area (Å²) >= 11 is 1.48. The van der Waals surface area contributed by atoms with Gasteiger partial charge in [-0.2, -0.15) is 0 Å². The molecule has 0 saturated heterocycles. The van der Waals surface area contributed by atoms with Gasteiger partial charge in [-0.3, -0.25) is 4.79 Å². The molecule has 0 aliphatic heterocycles. The maximum absolute atomic E-state index is 11.6. The molecule has 5 nitrogen and oxygen atoms in total. The van der Waals surface area contributed by atoms with Crippen molar-refractivity contribution in [3.63, 3.8) is 0 Å². The molecule has 0 saturated carbocycles. The van der Waals surface area contributed by atoms with E-state index in [4.69, 9.17) is 0 Å². The molecule has 2 heterocycles. The quantitative estimate of drug-likeness (QED) is 0.864. The first-order valence-corrected chi connectivity index (χ1v) is 5.80. The van der Waals surface area contributed by atoms with Gasteiger partial charge < -0.3 is 9.88 Å². The second-order valence-electron chi connectivity index (χ2n) is 3.31. The highest BCUT2D eigenvalue weighted by atomic mass is 32.1. The van der Waals surface area contributed by atoms with Gasteiger partial charge in [0.1, 0.15) is 5.69 Å². The number of carbonyl (C=O) groups is 1. The van der Waals surface area contributed by atoms with Gasteiger partial charge in [0, 0.05) is 30.9 Å². The Hall–Kier alpha value is -1.69. The Balaban J connectivity index is 1.80. The molecule has 2 rings (SSSR count). The maximum Gasteiger partial charge on any atom is 0.270 e. The zero-order chi connectivity index (χ0) is 11.4. The van der Waals surface area contributed by atoms with Crippen LogP contribution in [0.15, 0.2) is 24.1 Å². The van der Waals surface area contributed by atoms with Crippen LogP contribution in [0.2, 0.25) is 0 Å². The third-order valence-corrected chi connectivity index (χ3v) is 2.84. The lowest BCUT2D eigenvalue weighted by atomic mass is 10.4. The van der Waals surface area contributed by atoms with E-state index in [1.54, 1.807) is 17.9 Å². The zero-order valence-corrected chi connectivity index (χ0v) is 9.70. The van der Waals surface area contributed by atoms with Crippen LogP contribution in [0.1, 0.15) is 15.5 Å². The minimum absolute atomic E-state index is 0.121. The highest BCUT2D eigenvalue weighted by Gasteiger charge is 2.07. The van der Waals surface area contributed by atoms with Crippen molar-refractivity contribution in [1.29, 1.82) is 0 Å². The van der Waals surface area contributed by atoms with Crippen LogP contribution < -0.4 is 5.32 Å². The topological polar surface area (TPSA) is 59.8 Å². The molecular weight excluding hydrogens is 224 g/mol. The highest BCUT2D eigenvalue weighted by molar-refractivity contribution is 7.09. The van der Waals surface area contributed by atoms with Crippen LogP contribution in [-0.4, -0.2) is 27.0 Å². The maximum atomic E-state index is 11.6. The van der Waals surface area contributed by atoms with Gasteiger partial charge in [-0.25, -0.2) is 9.97 Å². The van der Waals surface area contributed by atoms with Crippen molar-refractivity contribution in [1.82, 2.24) is 19.9 Å². The number of nitrogens with one attached hydrogen (secondary N) is 1. The lowest BCUT2D eigenvalue weighted by molar-refractivity contribution is 0.0948. The smallest absolute Gasteiger partial charge is 0.270 e. The number of hydrogen-bond acceptors (Lipinski definition) is 4. The number of carbonyl (C=O) groups excluding carboxylic acids is 1. The largest absolute Gasteiger partial charge is 0.349 e. The van der Waals surface area contributed by atoms with Gasteiger partial charge in [0.25, 0.3) is 5.91 Å². The van der Waals surface area contributed by atoms with Crippen LogP contribution >= 0.6 is 11.3 Å². The van der Waals surface area contributed by atoms with E-state index in [9.17, 15) is 4.79 Å². The molecule has 1 N–H and O–H groups in total. The van der Waals surface area contributed by atoms with Gasteiger partial charge >= 0.3 is 0 Å². The van der Waals surface area contributed by atoms with Gasteiger partial charge in [-0.15, -0.1) is 11.3 Å². The first-order valence-electron chi connectivity index (χ1n) is 4.92. The zero-order valence-electron chi connectivity index (χ0n) is 8.88. The Morgan fingerprint density at radius 2 is 2.50 bits per heavy atom. The first-order chi connectivity index (χ1) is 7.75. The summed E-state index contributed by atoms with van der Waals surface area (Å²) in [6.45, 7) is 3.17. The minimum atomic E-state index is -0.121. The van der Waals surface area contributed by atoms with Crippen LogP contribution in [0.3, 0.4) is 0 Å². The van der Waals surface area contributed by atoms with Crippen molar-refractivity contribution in [2.45, 2.75) is 13.5 Å². The Kier molecular flexibility index (Phi) is 3.31. The Bertz CT molecular complexity index is 463. The number of rotatable bonds is 4. The molecule has 1 amide bonds. The monoisotopic (exact) mass is 236 g/mol. The molecule has 0 spiro atoms. The average molecular weight is 236 g/mol. The second-order valence-corrected chi connectivity index (χ2v) is 4.37. The molecule has 0 atom stereocenters. The predicted molar refractivity (Wildman–Crippen MR) is 61.4 cm³/mol. The van der Waals surface area contributed by atoms with E-state index in [-0.39, 0.29) is 5.91 Å². The highest BCUT2D eigenvalue weighted by Crippen LogP contribution is 2.07. The third-order valence-electron chi connectivity index (χ3n) is 2.07. The van der Waals surface area contributed by atoms with Gasteiger partial charge in [0.2, 0.25) is 0 Å². The van der Waals surface area contributed by atoms with Gasteiger partial charge in [-0.05, 0) is 6.92 Å². The third kappa shape index (κ3) is 2.66. The molecule has 6 heteroatoms. The summed E-state index contributed by atoms with van der Waals surface area (Å²) in [5.74, 6) is -0.121. The van der Waals surface area contributed by atoms with Crippen molar-refractivity contribution in [2.75, 3.05) is 6.54 Å².